The quantitative estimate of drug-likeness (QED) is 0.243. The van der Waals surface area contributed by atoms with Crippen molar-refractivity contribution in [1.82, 2.24) is 16.0 Å². The lowest BCUT2D eigenvalue weighted by Crippen LogP contribution is -2.29. The fourth-order valence-electron chi connectivity index (χ4n) is 1.61. The predicted octanol–water partition coefficient (Wildman–Crippen LogP) is 1.12. The first-order valence-electron chi connectivity index (χ1n) is 6.72. The van der Waals surface area contributed by atoms with E-state index in [1.807, 2.05) is 19.2 Å². The van der Waals surface area contributed by atoms with Crippen molar-refractivity contribution in [2.75, 3.05) is 25.9 Å². The van der Waals surface area contributed by atoms with Crippen LogP contribution in [-0.2, 0) is 12.3 Å². The van der Waals surface area contributed by atoms with Gasteiger partial charge in [-0.15, -0.1) is 6.42 Å². The Morgan fingerprint density at radius 1 is 1.50 bits per heavy atom. The summed E-state index contributed by atoms with van der Waals surface area (Å²) in [5, 5.41) is 19.2. The van der Waals surface area contributed by atoms with E-state index in [9.17, 15) is 10.1 Å². The minimum absolute atomic E-state index is 0.237. The number of nitrogens with zero attached hydrogens (tertiary/aromatic N) is 1. The lowest BCUT2D eigenvalue weighted by Gasteiger charge is -2.08. The number of hydrogen-bond donors (Lipinski definition) is 3. The van der Waals surface area contributed by atoms with Crippen LogP contribution >= 0.6 is 11.8 Å². The highest BCUT2D eigenvalue weighted by Crippen LogP contribution is 2.15. The van der Waals surface area contributed by atoms with Gasteiger partial charge in [0, 0.05) is 12.3 Å². The summed E-state index contributed by atoms with van der Waals surface area (Å²) in [5.74, 6) is 6.06. The lowest BCUT2D eigenvalue weighted by atomic mass is 10.4. The van der Waals surface area contributed by atoms with Crippen molar-refractivity contribution in [3.63, 3.8) is 0 Å². The molecule has 0 radical (unpaired) electrons. The normalized spacial score (nSPS) is 11.0. The largest absolute Gasteiger partial charge is 0.464 e. The third kappa shape index (κ3) is 7.61. The highest BCUT2D eigenvalue weighted by molar-refractivity contribution is 7.98. The maximum absolute atomic E-state index is 10.5. The van der Waals surface area contributed by atoms with Crippen LogP contribution in [0.2, 0.25) is 0 Å². The highest BCUT2D eigenvalue weighted by Gasteiger charge is 2.03. The SMILES string of the molecule is C#CCNC(=C[N+](=O)[O-])NCCSCc1ccc(CNC)o1. The predicted molar refractivity (Wildman–Crippen MR) is 87.5 cm³/mol. The molecule has 0 spiro atoms. The van der Waals surface area contributed by atoms with Crippen LogP contribution < -0.4 is 16.0 Å². The van der Waals surface area contributed by atoms with Gasteiger partial charge in [0.15, 0.2) is 5.82 Å². The van der Waals surface area contributed by atoms with Gasteiger partial charge in [0.25, 0.3) is 6.20 Å². The van der Waals surface area contributed by atoms with Gasteiger partial charge in [-0.2, -0.15) is 11.8 Å². The standard InChI is InChI=1S/C14H20N4O3S/c1-3-6-16-14(10-18(19)20)17-7-8-22-11-13-5-4-12(21-13)9-15-2/h1,4-5,10,15-17H,6-9,11H2,2H3. The minimum atomic E-state index is -0.523. The maximum Gasteiger partial charge on any atom is 0.274 e. The summed E-state index contributed by atoms with van der Waals surface area (Å²) < 4.78 is 5.62. The molecule has 0 aliphatic carbocycles. The van der Waals surface area contributed by atoms with Crippen LogP contribution in [-0.4, -0.2) is 30.8 Å². The maximum atomic E-state index is 10.5. The first-order valence-corrected chi connectivity index (χ1v) is 7.87. The summed E-state index contributed by atoms with van der Waals surface area (Å²) in [6.45, 7) is 1.54. The average Bonchev–Trinajstić information content (AvgIpc) is 2.91. The van der Waals surface area contributed by atoms with E-state index in [2.05, 4.69) is 21.9 Å². The van der Waals surface area contributed by atoms with Crippen LogP contribution in [0.4, 0.5) is 0 Å². The minimum Gasteiger partial charge on any atom is -0.464 e. The Bertz CT molecular complexity index is 536. The Balaban J connectivity index is 2.24. The molecular weight excluding hydrogens is 304 g/mol. The Morgan fingerprint density at radius 3 is 2.95 bits per heavy atom. The molecule has 0 amide bonds. The van der Waals surface area contributed by atoms with Gasteiger partial charge in [-0.3, -0.25) is 10.1 Å². The summed E-state index contributed by atoms with van der Waals surface area (Å²) in [6.07, 6.45) is 5.99. The van der Waals surface area contributed by atoms with Crippen LogP contribution in [0.1, 0.15) is 11.5 Å². The summed E-state index contributed by atoms with van der Waals surface area (Å²) in [6, 6.07) is 3.91. The smallest absolute Gasteiger partial charge is 0.274 e. The summed E-state index contributed by atoms with van der Waals surface area (Å²) in [4.78, 5) is 9.95. The van der Waals surface area contributed by atoms with Crippen molar-refractivity contribution >= 4 is 11.8 Å². The Hall–Kier alpha value is -2.11. The lowest BCUT2D eigenvalue weighted by molar-refractivity contribution is -0.404. The third-order valence-electron chi connectivity index (χ3n) is 2.49. The van der Waals surface area contributed by atoms with E-state index in [4.69, 9.17) is 10.8 Å². The first kappa shape index (κ1) is 17.9. The Morgan fingerprint density at radius 2 is 2.27 bits per heavy atom. The number of nitro groups is 1. The third-order valence-corrected chi connectivity index (χ3v) is 3.47. The van der Waals surface area contributed by atoms with E-state index in [0.29, 0.717) is 18.9 Å². The van der Waals surface area contributed by atoms with Gasteiger partial charge in [-0.1, -0.05) is 5.92 Å². The number of furan rings is 1. The van der Waals surface area contributed by atoms with E-state index in [1.165, 1.54) is 0 Å². The second kappa shape index (κ2) is 10.6. The van der Waals surface area contributed by atoms with Crippen LogP contribution in [0.5, 0.6) is 0 Å². The molecule has 3 N–H and O–H groups in total. The number of hydrogen-bond acceptors (Lipinski definition) is 7. The highest BCUT2D eigenvalue weighted by atomic mass is 32.2. The van der Waals surface area contributed by atoms with Gasteiger partial charge in [0.1, 0.15) is 11.5 Å². The fourth-order valence-corrected chi connectivity index (χ4v) is 2.35. The van der Waals surface area contributed by atoms with Gasteiger partial charge in [0.2, 0.25) is 0 Å². The number of terminal acetylenes is 1. The van der Waals surface area contributed by atoms with E-state index < -0.39 is 4.92 Å². The second-order valence-corrected chi connectivity index (χ2v) is 5.37. The summed E-state index contributed by atoms with van der Waals surface area (Å²) in [7, 11) is 1.87. The molecule has 1 rings (SSSR count). The van der Waals surface area contributed by atoms with E-state index in [1.54, 1.807) is 11.8 Å². The van der Waals surface area contributed by atoms with Gasteiger partial charge in [-0.25, -0.2) is 0 Å². The zero-order chi connectivity index (χ0) is 16.2. The molecule has 0 saturated heterocycles. The Kier molecular flexibility index (Phi) is 8.64. The van der Waals surface area contributed by atoms with E-state index in [0.717, 1.165) is 29.2 Å². The molecule has 0 atom stereocenters. The molecule has 1 aromatic heterocycles. The summed E-state index contributed by atoms with van der Waals surface area (Å²) >= 11 is 1.68. The molecule has 0 fully saturated rings. The average molecular weight is 324 g/mol. The molecular formula is C14H20N4O3S. The van der Waals surface area contributed by atoms with Crippen molar-refractivity contribution in [3.05, 3.63) is 45.8 Å². The molecule has 1 aromatic rings. The zero-order valence-corrected chi connectivity index (χ0v) is 13.2. The van der Waals surface area contributed by atoms with Crippen LogP contribution in [0.15, 0.2) is 28.6 Å². The molecule has 7 nitrogen and oxygen atoms in total. The molecule has 0 unspecified atom stereocenters. The molecule has 8 heteroatoms. The van der Waals surface area contributed by atoms with Gasteiger partial charge in [-0.05, 0) is 19.2 Å². The van der Waals surface area contributed by atoms with Crippen molar-refractivity contribution in [2.24, 2.45) is 0 Å². The molecule has 0 aliphatic heterocycles. The summed E-state index contributed by atoms with van der Waals surface area (Å²) in [5.41, 5.74) is 0. The van der Waals surface area contributed by atoms with E-state index >= 15 is 0 Å². The number of rotatable bonds is 11. The molecule has 0 aliphatic rings. The fraction of sp³-hybridized carbons (Fsp3) is 0.429. The first-order chi connectivity index (χ1) is 10.7. The molecule has 120 valence electrons. The van der Waals surface area contributed by atoms with E-state index in [-0.39, 0.29) is 6.54 Å². The van der Waals surface area contributed by atoms with Crippen molar-refractivity contribution in [1.29, 1.82) is 0 Å². The molecule has 0 aromatic carbocycles. The topological polar surface area (TPSA) is 92.4 Å². The van der Waals surface area contributed by atoms with Gasteiger partial charge < -0.3 is 20.4 Å². The molecule has 0 bridgehead atoms. The monoisotopic (exact) mass is 324 g/mol. The molecule has 0 saturated carbocycles. The van der Waals surface area contributed by atoms with Crippen molar-refractivity contribution < 1.29 is 9.34 Å². The Labute approximate surface area is 134 Å². The molecule has 1 heterocycles. The van der Waals surface area contributed by atoms with Crippen LogP contribution in [0, 0.1) is 22.5 Å². The zero-order valence-electron chi connectivity index (χ0n) is 12.4. The van der Waals surface area contributed by atoms with Crippen molar-refractivity contribution in [3.8, 4) is 12.3 Å². The van der Waals surface area contributed by atoms with Crippen LogP contribution in [0.3, 0.4) is 0 Å². The van der Waals surface area contributed by atoms with Crippen LogP contribution in [0.25, 0.3) is 0 Å². The van der Waals surface area contributed by atoms with Gasteiger partial charge >= 0.3 is 0 Å². The van der Waals surface area contributed by atoms with Crippen molar-refractivity contribution in [2.45, 2.75) is 12.3 Å². The number of nitrogens with one attached hydrogen (secondary N) is 3. The molecule has 22 heavy (non-hydrogen) atoms. The second-order valence-electron chi connectivity index (χ2n) is 4.26. The number of thioether (sulfide) groups is 1. The van der Waals surface area contributed by atoms with Gasteiger partial charge in [0.05, 0.1) is 23.8 Å².